The van der Waals surface area contributed by atoms with E-state index < -0.39 is 10.0 Å². The van der Waals surface area contributed by atoms with Gasteiger partial charge in [0, 0.05) is 19.0 Å². The number of rotatable bonds is 12. The number of imide groups is 1. The van der Waals surface area contributed by atoms with Crippen LogP contribution in [0.5, 0.6) is 0 Å². The van der Waals surface area contributed by atoms with Crippen molar-refractivity contribution in [1.29, 1.82) is 0 Å². The highest BCUT2D eigenvalue weighted by atomic mass is 32.2. The Balaban J connectivity index is 1.65. The summed E-state index contributed by atoms with van der Waals surface area (Å²) < 4.78 is 30.2. The Bertz CT molecular complexity index is 1130. The van der Waals surface area contributed by atoms with Gasteiger partial charge < -0.3 is 4.74 Å². The predicted octanol–water partition coefficient (Wildman–Crippen LogP) is 2.57. The van der Waals surface area contributed by atoms with Crippen molar-refractivity contribution in [3.05, 3.63) is 65.2 Å². The molecule has 2 aromatic rings. The molecule has 0 fully saturated rings. The average molecular weight is 488 g/mol. The Labute approximate surface area is 199 Å². The Morgan fingerprint density at radius 3 is 2.21 bits per heavy atom. The number of sulfonamides is 1. The fourth-order valence-corrected chi connectivity index (χ4v) is 5.03. The Kier molecular flexibility index (Phi) is 8.54. The lowest BCUT2D eigenvalue weighted by atomic mass is 10.1. The molecule has 0 radical (unpaired) electrons. The first-order valence-corrected chi connectivity index (χ1v) is 12.6. The van der Waals surface area contributed by atoms with Gasteiger partial charge in [-0.05, 0) is 49.9 Å². The largest absolute Gasteiger partial charge is 0.469 e. The molecule has 10 heteroatoms. The van der Waals surface area contributed by atoms with Gasteiger partial charge in [0.25, 0.3) is 21.8 Å². The van der Waals surface area contributed by atoms with E-state index in [2.05, 4.69) is 15.0 Å². The molecule has 34 heavy (non-hydrogen) atoms. The van der Waals surface area contributed by atoms with Crippen molar-refractivity contribution in [1.82, 2.24) is 15.2 Å². The van der Waals surface area contributed by atoms with Crippen molar-refractivity contribution in [2.24, 2.45) is 0 Å². The molecule has 0 saturated heterocycles. The first-order chi connectivity index (χ1) is 16.2. The van der Waals surface area contributed by atoms with Gasteiger partial charge in [0.1, 0.15) is 0 Å². The third-order valence-electron chi connectivity index (χ3n) is 5.77. The van der Waals surface area contributed by atoms with Crippen molar-refractivity contribution >= 4 is 27.8 Å². The summed E-state index contributed by atoms with van der Waals surface area (Å²) >= 11 is 0. The number of nitrogens with zero attached hydrogens (tertiary/aromatic N) is 1. The quantitative estimate of drug-likeness (QED) is 0.204. The maximum absolute atomic E-state index is 12.8. The molecule has 2 amide bonds. The van der Waals surface area contributed by atoms with Crippen LogP contribution in [-0.4, -0.2) is 50.8 Å². The molecule has 0 bridgehead atoms. The molecule has 0 saturated carbocycles. The van der Waals surface area contributed by atoms with Crippen LogP contribution in [0.25, 0.3) is 0 Å². The van der Waals surface area contributed by atoms with Crippen LogP contribution in [-0.2, 0) is 19.6 Å². The number of ether oxygens (including phenoxy) is 1. The third kappa shape index (κ3) is 6.07. The second-order valence-corrected chi connectivity index (χ2v) is 9.78. The summed E-state index contributed by atoms with van der Waals surface area (Å²) in [6, 6.07) is 12.9. The van der Waals surface area contributed by atoms with Gasteiger partial charge in [0.05, 0.1) is 23.1 Å². The number of carbonyl (C=O) groups is 3. The van der Waals surface area contributed by atoms with Crippen molar-refractivity contribution in [2.45, 2.75) is 50.0 Å². The molecular weight excluding hydrogens is 458 g/mol. The smallest absolute Gasteiger partial charge is 0.305 e. The van der Waals surface area contributed by atoms with E-state index in [0.29, 0.717) is 42.4 Å². The zero-order valence-electron chi connectivity index (χ0n) is 19.2. The molecule has 1 aliphatic heterocycles. The van der Waals surface area contributed by atoms with Gasteiger partial charge in [-0.15, -0.1) is 4.83 Å². The fraction of sp³-hybridized carbons (Fsp3) is 0.375. The molecule has 9 nitrogen and oxygen atoms in total. The van der Waals surface area contributed by atoms with Crippen LogP contribution in [0, 0.1) is 6.92 Å². The van der Waals surface area contributed by atoms with Gasteiger partial charge in [-0.2, -0.15) is 0 Å². The summed E-state index contributed by atoms with van der Waals surface area (Å²) in [6.07, 6.45) is 2.32. The van der Waals surface area contributed by atoms with Crippen molar-refractivity contribution in [3.63, 3.8) is 0 Å². The number of carbonyl (C=O) groups excluding carboxylic acids is 3. The van der Waals surface area contributed by atoms with Crippen LogP contribution in [0.1, 0.15) is 58.4 Å². The summed E-state index contributed by atoms with van der Waals surface area (Å²) in [5.74, 6) is -1.02. The number of nitrogens with one attached hydrogen (secondary N) is 2. The van der Waals surface area contributed by atoms with Crippen LogP contribution in [0.4, 0.5) is 0 Å². The molecule has 1 atom stereocenters. The van der Waals surface area contributed by atoms with Gasteiger partial charge in [0.15, 0.2) is 0 Å². The minimum Gasteiger partial charge on any atom is -0.469 e. The molecule has 0 aliphatic carbocycles. The number of benzene rings is 2. The van der Waals surface area contributed by atoms with E-state index in [1.165, 1.54) is 18.1 Å². The third-order valence-corrected chi connectivity index (χ3v) is 7.19. The molecule has 3 rings (SSSR count). The van der Waals surface area contributed by atoms with Crippen molar-refractivity contribution in [3.8, 4) is 0 Å². The SMILES string of the molecule is COC(=O)CCCCC(CCN1C(=O)c2ccccc2C1=O)NNS(=O)(=O)c1ccccc1C. The minimum atomic E-state index is -3.82. The fourth-order valence-electron chi connectivity index (χ4n) is 3.85. The van der Waals surface area contributed by atoms with E-state index in [1.54, 1.807) is 49.4 Å². The maximum Gasteiger partial charge on any atom is 0.305 e. The minimum absolute atomic E-state index is 0.132. The lowest BCUT2D eigenvalue weighted by Crippen LogP contribution is -2.46. The van der Waals surface area contributed by atoms with Crippen LogP contribution < -0.4 is 10.3 Å². The summed E-state index contributed by atoms with van der Waals surface area (Å²) in [7, 11) is -2.49. The van der Waals surface area contributed by atoms with E-state index in [9.17, 15) is 22.8 Å². The highest BCUT2D eigenvalue weighted by Gasteiger charge is 2.35. The van der Waals surface area contributed by atoms with Gasteiger partial charge in [0.2, 0.25) is 0 Å². The average Bonchev–Trinajstić information content (AvgIpc) is 3.07. The Morgan fingerprint density at radius 1 is 0.971 bits per heavy atom. The molecule has 0 spiro atoms. The number of aryl methyl sites for hydroxylation is 1. The number of methoxy groups -OCH3 is 1. The van der Waals surface area contributed by atoms with Crippen molar-refractivity contribution < 1.29 is 27.5 Å². The maximum atomic E-state index is 12.8. The molecule has 1 unspecified atom stereocenters. The molecule has 2 N–H and O–H groups in total. The number of fused-ring (bicyclic) bond motifs is 1. The summed E-state index contributed by atoms with van der Waals surface area (Å²) in [6.45, 7) is 1.84. The molecule has 1 heterocycles. The normalized spacial score (nSPS) is 14.2. The van der Waals surface area contributed by atoms with E-state index in [4.69, 9.17) is 0 Å². The van der Waals surface area contributed by atoms with Gasteiger partial charge in [-0.3, -0.25) is 19.3 Å². The van der Waals surface area contributed by atoms with E-state index in [0.717, 1.165) is 0 Å². The highest BCUT2D eigenvalue weighted by Crippen LogP contribution is 2.23. The topological polar surface area (TPSA) is 122 Å². The zero-order valence-corrected chi connectivity index (χ0v) is 20.1. The number of unbranched alkanes of at least 4 members (excludes halogenated alkanes) is 1. The lowest BCUT2D eigenvalue weighted by Gasteiger charge is -2.22. The van der Waals surface area contributed by atoms with Gasteiger partial charge in [-0.1, -0.05) is 36.8 Å². The highest BCUT2D eigenvalue weighted by molar-refractivity contribution is 7.89. The second kappa shape index (κ2) is 11.4. The number of hydrogen-bond donors (Lipinski definition) is 2. The monoisotopic (exact) mass is 487 g/mol. The van der Waals surface area contributed by atoms with Gasteiger partial charge in [-0.25, -0.2) is 13.8 Å². The van der Waals surface area contributed by atoms with Crippen LogP contribution in [0.2, 0.25) is 0 Å². The first kappa shape index (κ1) is 25.5. The van der Waals surface area contributed by atoms with E-state index in [-0.39, 0.29) is 41.7 Å². The van der Waals surface area contributed by atoms with E-state index >= 15 is 0 Å². The second-order valence-electron chi connectivity index (χ2n) is 8.13. The number of esters is 1. The summed E-state index contributed by atoms with van der Waals surface area (Å²) in [5.41, 5.74) is 4.21. The molecule has 182 valence electrons. The van der Waals surface area contributed by atoms with Crippen LogP contribution in [0.3, 0.4) is 0 Å². The number of hydrogen-bond acceptors (Lipinski definition) is 7. The van der Waals surface area contributed by atoms with Crippen molar-refractivity contribution in [2.75, 3.05) is 13.7 Å². The number of amides is 2. The first-order valence-electron chi connectivity index (χ1n) is 11.1. The predicted molar refractivity (Wildman–Crippen MR) is 125 cm³/mol. The zero-order chi connectivity index (χ0) is 24.7. The van der Waals surface area contributed by atoms with Crippen LogP contribution >= 0.6 is 0 Å². The summed E-state index contributed by atoms with van der Waals surface area (Å²) in [4.78, 5) is 40.4. The Hall–Kier alpha value is -3.08. The van der Waals surface area contributed by atoms with E-state index in [1.807, 2.05) is 0 Å². The van der Waals surface area contributed by atoms with Crippen LogP contribution in [0.15, 0.2) is 53.4 Å². The van der Waals surface area contributed by atoms with Gasteiger partial charge >= 0.3 is 5.97 Å². The summed E-state index contributed by atoms with van der Waals surface area (Å²) in [5, 5.41) is 0. The molecule has 1 aliphatic rings. The standard InChI is InChI=1S/C24H29N3O6S/c1-17-9-3-7-13-21(17)34(31,32)26-25-18(10-4-8-14-22(28)33-2)15-16-27-23(29)19-11-5-6-12-20(19)24(27)30/h3,5-7,9,11-13,18,25-26H,4,8,10,14-16H2,1-2H3. The lowest BCUT2D eigenvalue weighted by molar-refractivity contribution is -0.140. The molecule has 2 aromatic carbocycles. The molecule has 0 aromatic heterocycles. The Morgan fingerprint density at radius 2 is 1.59 bits per heavy atom. The number of hydrazine groups is 1. The molecular formula is C24H29N3O6S.